The Bertz CT molecular complexity index is 1090. The topological polar surface area (TPSA) is 131 Å². The molecule has 2 aromatic carbocycles. The van der Waals surface area contributed by atoms with Crippen molar-refractivity contribution in [3.8, 4) is 11.5 Å². The molecule has 172 valence electrons. The summed E-state index contributed by atoms with van der Waals surface area (Å²) >= 11 is 0. The van der Waals surface area contributed by atoms with Gasteiger partial charge in [-0.05, 0) is 36.2 Å². The lowest BCUT2D eigenvalue weighted by Gasteiger charge is -2.19. The van der Waals surface area contributed by atoms with E-state index in [9.17, 15) is 18.0 Å². The van der Waals surface area contributed by atoms with Gasteiger partial charge in [0.1, 0.15) is 6.54 Å². The maximum absolute atomic E-state index is 12.7. The molecule has 0 bridgehead atoms. The standard InChI is InChI=1S/C21H26N4O6S/c1-30-18-8-5-16(13-19(18)31-2)25-12-11-24(21(25)27)14-20(26)23-10-9-15-3-6-17(7-4-15)32(22,28)29/h3-8,13H,9-12,14H2,1-2H3,(H,23,26)(H2,22,28,29). The molecule has 0 spiro atoms. The lowest BCUT2D eigenvalue weighted by atomic mass is 10.1. The van der Waals surface area contributed by atoms with E-state index in [1.807, 2.05) is 0 Å². The summed E-state index contributed by atoms with van der Waals surface area (Å²) in [5.41, 5.74) is 1.52. The molecule has 3 rings (SSSR count). The Hall–Kier alpha value is -3.31. The number of primary sulfonamides is 1. The van der Waals surface area contributed by atoms with Crippen molar-refractivity contribution < 1.29 is 27.5 Å². The molecule has 1 fully saturated rings. The number of methoxy groups -OCH3 is 2. The largest absolute Gasteiger partial charge is 0.493 e. The van der Waals surface area contributed by atoms with Crippen LogP contribution in [0.25, 0.3) is 0 Å². The molecule has 3 N–H and O–H groups in total. The quantitative estimate of drug-likeness (QED) is 0.570. The first-order valence-corrected chi connectivity index (χ1v) is 11.4. The van der Waals surface area contributed by atoms with E-state index >= 15 is 0 Å². The van der Waals surface area contributed by atoms with E-state index in [0.717, 1.165) is 5.56 Å². The number of rotatable bonds is 9. The number of nitrogens with one attached hydrogen (secondary N) is 1. The van der Waals surface area contributed by atoms with Gasteiger partial charge in [0.25, 0.3) is 0 Å². The second kappa shape index (κ2) is 9.88. The number of ether oxygens (including phenoxy) is 2. The molecular formula is C21H26N4O6S. The van der Waals surface area contributed by atoms with Crippen LogP contribution in [0, 0.1) is 0 Å². The third-order valence-corrected chi connectivity index (χ3v) is 6.03. The van der Waals surface area contributed by atoms with Crippen LogP contribution in [0.2, 0.25) is 0 Å². The lowest BCUT2D eigenvalue weighted by Crippen LogP contribution is -2.40. The number of hydrogen-bond acceptors (Lipinski definition) is 6. The second-order valence-electron chi connectivity index (χ2n) is 7.18. The van der Waals surface area contributed by atoms with Gasteiger partial charge in [-0.2, -0.15) is 0 Å². The number of benzene rings is 2. The van der Waals surface area contributed by atoms with E-state index in [4.69, 9.17) is 14.6 Å². The zero-order chi connectivity index (χ0) is 23.3. The predicted molar refractivity (Wildman–Crippen MR) is 118 cm³/mol. The van der Waals surface area contributed by atoms with Gasteiger partial charge < -0.3 is 19.7 Å². The normalized spacial score (nSPS) is 13.9. The molecule has 1 aliphatic heterocycles. The molecule has 0 radical (unpaired) electrons. The summed E-state index contributed by atoms with van der Waals surface area (Å²) in [6, 6.07) is 11.1. The Morgan fingerprint density at radius 1 is 1.06 bits per heavy atom. The summed E-state index contributed by atoms with van der Waals surface area (Å²) in [5, 5.41) is 7.86. The van der Waals surface area contributed by atoms with Crippen molar-refractivity contribution in [2.75, 3.05) is 45.3 Å². The molecule has 0 saturated carbocycles. The Balaban J connectivity index is 1.50. The maximum Gasteiger partial charge on any atom is 0.325 e. The van der Waals surface area contributed by atoms with Gasteiger partial charge in [-0.25, -0.2) is 18.4 Å². The fraction of sp³-hybridized carbons (Fsp3) is 0.333. The summed E-state index contributed by atoms with van der Waals surface area (Å²) in [5.74, 6) is 0.818. The smallest absolute Gasteiger partial charge is 0.325 e. The first-order chi connectivity index (χ1) is 15.2. The molecule has 1 aliphatic rings. The van der Waals surface area contributed by atoms with Crippen molar-refractivity contribution in [2.24, 2.45) is 5.14 Å². The second-order valence-corrected chi connectivity index (χ2v) is 8.75. The van der Waals surface area contributed by atoms with Crippen molar-refractivity contribution in [3.63, 3.8) is 0 Å². The molecule has 0 aromatic heterocycles. The van der Waals surface area contributed by atoms with Gasteiger partial charge in [0.05, 0.1) is 19.1 Å². The van der Waals surface area contributed by atoms with Crippen molar-refractivity contribution in [1.82, 2.24) is 10.2 Å². The molecule has 1 heterocycles. The van der Waals surface area contributed by atoms with Gasteiger partial charge in [-0.15, -0.1) is 0 Å². The minimum Gasteiger partial charge on any atom is -0.493 e. The van der Waals surface area contributed by atoms with Crippen LogP contribution in [0.4, 0.5) is 10.5 Å². The minimum absolute atomic E-state index is 0.0388. The minimum atomic E-state index is -3.73. The van der Waals surface area contributed by atoms with Crippen LogP contribution in [0.3, 0.4) is 0 Å². The lowest BCUT2D eigenvalue weighted by molar-refractivity contribution is -0.121. The number of amides is 3. The van der Waals surface area contributed by atoms with Gasteiger partial charge in [-0.1, -0.05) is 12.1 Å². The van der Waals surface area contributed by atoms with E-state index in [-0.39, 0.29) is 23.4 Å². The summed E-state index contributed by atoms with van der Waals surface area (Å²) in [4.78, 5) is 28.1. The number of hydrogen-bond donors (Lipinski definition) is 2. The summed E-state index contributed by atoms with van der Waals surface area (Å²) in [6.45, 7) is 1.19. The van der Waals surface area contributed by atoms with Gasteiger partial charge >= 0.3 is 6.03 Å². The molecule has 11 heteroatoms. The van der Waals surface area contributed by atoms with Crippen molar-refractivity contribution >= 4 is 27.6 Å². The number of sulfonamides is 1. The number of carbonyl (C=O) groups is 2. The SMILES string of the molecule is COc1ccc(N2CCN(CC(=O)NCCc3ccc(S(N)(=O)=O)cc3)C2=O)cc1OC. The first kappa shape index (κ1) is 23.4. The summed E-state index contributed by atoms with van der Waals surface area (Å²) < 4.78 is 33.1. The molecule has 3 amide bonds. The Morgan fingerprint density at radius 3 is 2.38 bits per heavy atom. The summed E-state index contributed by atoms with van der Waals surface area (Å²) in [7, 11) is -0.662. The summed E-state index contributed by atoms with van der Waals surface area (Å²) in [6.07, 6.45) is 0.516. The van der Waals surface area contributed by atoms with Gasteiger partial charge in [0.15, 0.2) is 11.5 Å². The van der Waals surface area contributed by atoms with Crippen LogP contribution < -0.4 is 24.8 Å². The molecule has 10 nitrogen and oxygen atoms in total. The fourth-order valence-electron chi connectivity index (χ4n) is 3.38. The average molecular weight is 463 g/mol. The van der Waals surface area contributed by atoms with Crippen molar-refractivity contribution in [1.29, 1.82) is 0 Å². The Morgan fingerprint density at radius 2 is 1.75 bits per heavy atom. The van der Waals surface area contributed by atoms with Gasteiger partial charge in [0, 0.05) is 31.4 Å². The molecule has 0 atom stereocenters. The van der Waals surface area contributed by atoms with E-state index in [1.54, 1.807) is 42.3 Å². The van der Waals surface area contributed by atoms with Crippen molar-refractivity contribution in [3.05, 3.63) is 48.0 Å². The molecule has 0 unspecified atom stereocenters. The Labute approximate surface area is 186 Å². The highest BCUT2D eigenvalue weighted by Gasteiger charge is 2.31. The molecule has 0 aliphatic carbocycles. The third-order valence-electron chi connectivity index (χ3n) is 5.10. The molecule has 2 aromatic rings. The number of anilines is 1. The van der Waals surface area contributed by atoms with Crippen LogP contribution in [0.15, 0.2) is 47.4 Å². The predicted octanol–water partition coefficient (Wildman–Crippen LogP) is 0.952. The highest BCUT2D eigenvalue weighted by atomic mass is 32.2. The Kier molecular flexibility index (Phi) is 7.21. The number of carbonyl (C=O) groups excluding carboxylic acids is 2. The van der Waals surface area contributed by atoms with E-state index < -0.39 is 10.0 Å². The molecule has 1 saturated heterocycles. The van der Waals surface area contributed by atoms with Crippen LogP contribution in [0.1, 0.15) is 5.56 Å². The number of nitrogens with two attached hydrogens (primary N) is 1. The van der Waals surface area contributed by atoms with Gasteiger partial charge in [0.2, 0.25) is 15.9 Å². The molecule has 32 heavy (non-hydrogen) atoms. The maximum atomic E-state index is 12.7. The first-order valence-electron chi connectivity index (χ1n) is 9.90. The zero-order valence-corrected chi connectivity index (χ0v) is 18.7. The van der Waals surface area contributed by atoms with E-state index in [1.165, 1.54) is 24.1 Å². The van der Waals surface area contributed by atoms with Crippen molar-refractivity contribution in [2.45, 2.75) is 11.3 Å². The van der Waals surface area contributed by atoms with E-state index in [0.29, 0.717) is 43.2 Å². The van der Waals surface area contributed by atoms with Gasteiger partial charge in [-0.3, -0.25) is 9.69 Å². The molecular weight excluding hydrogens is 436 g/mol. The average Bonchev–Trinajstić information content (AvgIpc) is 3.13. The van der Waals surface area contributed by atoms with Crippen LogP contribution in [0.5, 0.6) is 11.5 Å². The third kappa shape index (κ3) is 5.48. The monoisotopic (exact) mass is 462 g/mol. The highest BCUT2D eigenvalue weighted by Crippen LogP contribution is 2.32. The van der Waals surface area contributed by atoms with Crippen LogP contribution in [-0.4, -0.2) is 65.7 Å². The fourth-order valence-corrected chi connectivity index (χ4v) is 3.90. The highest BCUT2D eigenvalue weighted by molar-refractivity contribution is 7.89. The zero-order valence-electron chi connectivity index (χ0n) is 17.9. The van der Waals surface area contributed by atoms with E-state index in [2.05, 4.69) is 5.32 Å². The number of urea groups is 1. The van der Waals surface area contributed by atoms with Crippen LogP contribution in [-0.2, 0) is 21.2 Å². The van der Waals surface area contributed by atoms with Crippen LogP contribution >= 0.6 is 0 Å². The number of nitrogens with zero attached hydrogens (tertiary/aromatic N) is 2.